The quantitative estimate of drug-likeness (QED) is 0.322. The number of nitrogens with two attached hydrogens (primary N) is 1. The Morgan fingerprint density at radius 2 is 2.00 bits per heavy atom. The standard InChI is InChI=1S/C9H18F3N3O/c1-7(2)15(6-8(13)14-16)5-3-4-9(10,11)12/h7,16H,3-6H2,1-2H3,(H2,13,14). The largest absolute Gasteiger partial charge is 0.409 e. The van der Waals surface area contributed by atoms with Crippen molar-refractivity contribution in [2.75, 3.05) is 13.1 Å². The van der Waals surface area contributed by atoms with Crippen LogP contribution in [0.3, 0.4) is 0 Å². The Kier molecular flexibility index (Phi) is 6.17. The minimum absolute atomic E-state index is 0.000656. The van der Waals surface area contributed by atoms with Crippen molar-refractivity contribution >= 4 is 5.84 Å². The number of alkyl halides is 3. The smallest absolute Gasteiger partial charge is 0.389 e. The van der Waals surface area contributed by atoms with Gasteiger partial charge in [0.15, 0.2) is 5.84 Å². The normalized spacial score (nSPS) is 13.8. The second-order valence-corrected chi connectivity index (χ2v) is 3.87. The topological polar surface area (TPSA) is 61.8 Å². The van der Waals surface area contributed by atoms with Crippen molar-refractivity contribution in [3.63, 3.8) is 0 Å². The number of hydrogen-bond acceptors (Lipinski definition) is 3. The van der Waals surface area contributed by atoms with E-state index in [-0.39, 0.29) is 31.4 Å². The molecular weight excluding hydrogens is 223 g/mol. The molecular formula is C9H18F3N3O. The van der Waals surface area contributed by atoms with Crippen LogP contribution in [0.1, 0.15) is 26.7 Å². The van der Waals surface area contributed by atoms with E-state index in [2.05, 4.69) is 5.16 Å². The van der Waals surface area contributed by atoms with Crippen LogP contribution in [-0.4, -0.2) is 41.3 Å². The molecule has 7 heteroatoms. The molecule has 0 bridgehead atoms. The van der Waals surface area contributed by atoms with Crippen LogP contribution in [0.25, 0.3) is 0 Å². The highest BCUT2D eigenvalue weighted by molar-refractivity contribution is 5.81. The second kappa shape index (κ2) is 6.57. The molecule has 0 aromatic carbocycles. The van der Waals surface area contributed by atoms with Gasteiger partial charge >= 0.3 is 6.18 Å². The predicted molar refractivity (Wildman–Crippen MR) is 55.4 cm³/mol. The van der Waals surface area contributed by atoms with Gasteiger partial charge in [-0.15, -0.1) is 0 Å². The lowest BCUT2D eigenvalue weighted by Crippen LogP contribution is -2.39. The van der Waals surface area contributed by atoms with Crippen molar-refractivity contribution in [1.82, 2.24) is 4.90 Å². The lowest BCUT2D eigenvalue weighted by atomic mass is 10.2. The molecule has 0 aliphatic carbocycles. The summed E-state index contributed by atoms with van der Waals surface area (Å²) in [7, 11) is 0. The Labute approximate surface area is 92.9 Å². The molecule has 4 nitrogen and oxygen atoms in total. The molecule has 0 atom stereocenters. The third kappa shape index (κ3) is 7.33. The maximum atomic E-state index is 11.9. The number of halogens is 3. The summed E-state index contributed by atoms with van der Waals surface area (Å²) in [5, 5.41) is 11.2. The van der Waals surface area contributed by atoms with Gasteiger partial charge < -0.3 is 10.9 Å². The summed E-state index contributed by atoms with van der Waals surface area (Å²) >= 11 is 0. The van der Waals surface area contributed by atoms with Crippen molar-refractivity contribution in [3.05, 3.63) is 0 Å². The molecule has 0 saturated carbocycles. The van der Waals surface area contributed by atoms with Crippen LogP contribution in [0.2, 0.25) is 0 Å². The SMILES string of the molecule is CC(C)N(CCCC(F)(F)F)CC(N)=NO. The van der Waals surface area contributed by atoms with Gasteiger partial charge in [-0.2, -0.15) is 13.2 Å². The van der Waals surface area contributed by atoms with E-state index in [1.54, 1.807) is 4.90 Å². The number of hydrogen-bond donors (Lipinski definition) is 2. The fourth-order valence-electron chi connectivity index (χ4n) is 1.24. The van der Waals surface area contributed by atoms with E-state index in [9.17, 15) is 13.2 Å². The zero-order valence-electron chi connectivity index (χ0n) is 9.46. The van der Waals surface area contributed by atoms with Crippen LogP contribution >= 0.6 is 0 Å². The number of amidine groups is 1. The molecule has 0 spiro atoms. The van der Waals surface area contributed by atoms with E-state index in [0.717, 1.165) is 0 Å². The Morgan fingerprint density at radius 3 is 2.38 bits per heavy atom. The molecule has 0 heterocycles. The van der Waals surface area contributed by atoms with E-state index < -0.39 is 12.6 Å². The molecule has 3 N–H and O–H groups in total. The maximum Gasteiger partial charge on any atom is 0.389 e. The average molecular weight is 241 g/mol. The maximum absolute atomic E-state index is 11.9. The highest BCUT2D eigenvalue weighted by Gasteiger charge is 2.26. The fraction of sp³-hybridized carbons (Fsp3) is 0.889. The molecule has 96 valence electrons. The van der Waals surface area contributed by atoms with E-state index in [1.165, 1.54) is 0 Å². The molecule has 0 aliphatic rings. The first kappa shape index (κ1) is 15.0. The van der Waals surface area contributed by atoms with Crippen molar-refractivity contribution < 1.29 is 18.4 Å². The van der Waals surface area contributed by atoms with Crippen LogP contribution in [0.4, 0.5) is 13.2 Å². The summed E-state index contributed by atoms with van der Waals surface area (Å²) in [6.07, 6.45) is -4.92. The highest BCUT2D eigenvalue weighted by atomic mass is 19.4. The molecule has 0 radical (unpaired) electrons. The van der Waals surface area contributed by atoms with Crippen molar-refractivity contribution in [2.24, 2.45) is 10.9 Å². The van der Waals surface area contributed by atoms with Gasteiger partial charge in [0.05, 0.1) is 6.54 Å². The third-order valence-corrected chi connectivity index (χ3v) is 2.13. The Hall–Kier alpha value is -0.980. The minimum Gasteiger partial charge on any atom is -0.409 e. The van der Waals surface area contributed by atoms with Crippen LogP contribution in [-0.2, 0) is 0 Å². The van der Waals surface area contributed by atoms with Crippen LogP contribution in [0.5, 0.6) is 0 Å². The van der Waals surface area contributed by atoms with Crippen LogP contribution < -0.4 is 5.73 Å². The van der Waals surface area contributed by atoms with Gasteiger partial charge in [-0.1, -0.05) is 5.16 Å². The zero-order chi connectivity index (χ0) is 12.8. The van der Waals surface area contributed by atoms with Crippen molar-refractivity contribution in [1.29, 1.82) is 0 Å². The lowest BCUT2D eigenvalue weighted by molar-refractivity contribution is -0.136. The summed E-state index contributed by atoms with van der Waals surface area (Å²) < 4.78 is 35.8. The number of oxime groups is 1. The monoisotopic (exact) mass is 241 g/mol. The first-order valence-electron chi connectivity index (χ1n) is 5.03. The van der Waals surface area contributed by atoms with Gasteiger partial charge in [-0.25, -0.2) is 0 Å². The zero-order valence-corrected chi connectivity index (χ0v) is 9.46. The molecule has 0 aromatic rings. The van der Waals surface area contributed by atoms with E-state index in [0.29, 0.717) is 0 Å². The first-order valence-corrected chi connectivity index (χ1v) is 5.03. The summed E-state index contributed by atoms with van der Waals surface area (Å²) in [4.78, 5) is 1.72. The van der Waals surface area contributed by atoms with Crippen LogP contribution in [0.15, 0.2) is 5.16 Å². The number of nitrogens with zero attached hydrogens (tertiary/aromatic N) is 2. The molecule has 0 unspecified atom stereocenters. The van der Waals surface area contributed by atoms with E-state index >= 15 is 0 Å². The molecule has 0 aliphatic heterocycles. The summed E-state index contributed by atoms with van der Waals surface area (Å²) in [6.45, 7) is 4.13. The average Bonchev–Trinajstić information content (AvgIpc) is 2.13. The van der Waals surface area contributed by atoms with Gasteiger partial charge in [-0.05, 0) is 26.8 Å². The summed E-state index contributed by atoms with van der Waals surface area (Å²) in [6, 6.07) is 0.0496. The van der Waals surface area contributed by atoms with E-state index in [1.807, 2.05) is 13.8 Å². The molecule has 0 saturated heterocycles. The second-order valence-electron chi connectivity index (χ2n) is 3.87. The van der Waals surface area contributed by atoms with Gasteiger partial charge in [0, 0.05) is 12.5 Å². The van der Waals surface area contributed by atoms with Gasteiger partial charge in [0.2, 0.25) is 0 Å². The Balaban J connectivity index is 4.05. The third-order valence-electron chi connectivity index (χ3n) is 2.13. The Morgan fingerprint density at radius 1 is 1.44 bits per heavy atom. The van der Waals surface area contributed by atoms with Crippen LogP contribution in [0, 0.1) is 0 Å². The Bertz CT molecular complexity index is 229. The number of rotatable bonds is 6. The summed E-state index contributed by atoms with van der Waals surface area (Å²) in [5.41, 5.74) is 5.31. The minimum atomic E-state index is -4.13. The highest BCUT2D eigenvalue weighted by Crippen LogP contribution is 2.21. The first-order chi connectivity index (χ1) is 7.26. The fourth-order valence-corrected chi connectivity index (χ4v) is 1.24. The molecule has 0 aromatic heterocycles. The molecule has 0 amide bonds. The molecule has 0 fully saturated rings. The predicted octanol–water partition coefficient (Wildman–Crippen LogP) is 1.79. The molecule has 0 rings (SSSR count). The van der Waals surface area contributed by atoms with E-state index in [4.69, 9.17) is 10.9 Å². The molecule has 16 heavy (non-hydrogen) atoms. The van der Waals surface area contributed by atoms with Gasteiger partial charge in [0.25, 0.3) is 0 Å². The lowest BCUT2D eigenvalue weighted by Gasteiger charge is -2.25. The van der Waals surface area contributed by atoms with Gasteiger partial charge in [0.1, 0.15) is 0 Å². The van der Waals surface area contributed by atoms with Crippen molar-refractivity contribution in [3.8, 4) is 0 Å². The van der Waals surface area contributed by atoms with Crippen molar-refractivity contribution in [2.45, 2.75) is 38.9 Å². The summed E-state index contributed by atoms with van der Waals surface area (Å²) in [5.74, 6) is 0.000656. The van der Waals surface area contributed by atoms with Gasteiger partial charge in [-0.3, -0.25) is 4.90 Å².